The van der Waals surface area contributed by atoms with Gasteiger partial charge in [0.2, 0.25) is 0 Å². The molecule has 0 aromatic carbocycles. The minimum Gasteiger partial charge on any atom is -0.383 e. The van der Waals surface area contributed by atoms with Crippen molar-refractivity contribution < 1.29 is 0 Å². The van der Waals surface area contributed by atoms with Crippen molar-refractivity contribution in [3.63, 3.8) is 0 Å². The molecule has 0 amide bonds. The molecular formula is C10H18N4S. The number of anilines is 2. The maximum atomic E-state index is 5.57. The lowest BCUT2D eigenvalue weighted by Crippen LogP contribution is -1.99. The third kappa shape index (κ3) is 4.88. The van der Waals surface area contributed by atoms with Crippen molar-refractivity contribution in [2.45, 2.75) is 31.8 Å². The van der Waals surface area contributed by atoms with Crippen LogP contribution in [0.3, 0.4) is 0 Å². The molecule has 0 fully saturated rings. The maximum absolute atomic E-state index is 5.57. The van der Waals surface area contributed by atoms with Crippen molar-refractivity contribution in [3.8, 4) is 0 Å². The fourth-order valence-corrected chi connectivity index (χ4v) is 2.02. The number of nitrogens with two attached hydrogens (primary N) is 2. The van der Waals surface area contributed by atoms with E-state index < -0.39 is 0 Å². The van der Waals surface area contributed by atoms with Gasteiger partial charge in [0.05, 0.1) is 0 Å². The predicted octanol–water partition coefficient (Wildman–Crippen LogP) is 2.17. The van der Waals surface area contributed by atoms with Gasteiger partial charge in [-0.05, 0) is 12.3 Å². The topological polar surface area (TPSA) is 77.8 Å². The SMILES string of the molecule is CC(C)CCCSc1nc(N)cc(N)n1. The van der Waals surface area contributed by atoms with Gasteiger partial charge in [-0.25, -0.2) is 9.97 Å². The lowest BCUT2D eigenvalue weighted by atomic mass is 10.1. The van der Waals surface area contributed by atoms with Gasteiger partial charge >= 0.3 is 0 Å². The first-order valence-corrected chi connectivity index (χ1v) is 6.09. The fourth-order valence-electron chi connectivity index (χ4n) is 1.18. The van der Waals surface area contributed by atoms with Crippen molar-refractivity contribution in [1.29, 1.82) is 0 Å². The van der Waals surface area contributed by atoms with Crippen molar-refractivity contribution in [2.24, 2.45) is 5.92 Å². The monoisotopic (exact) mass is 226 g/mol. The van der Waals surface area contributed by atoms with Crippen LogP contribution in [0.25, 0.3) is 0 Å². The number of rotatable bonds is 5. The van der Waals surface area contributed by atoms with Gasteiger partial charge in [-0.3, -0.25) is 0 Å². The number of hydrogen-bond acceptors (Lipinski definition) is 5. The van der Waals surface area contributed by atoms with Crippen LogP contribution in [-0.4, -0.2) is 15.7 Å². The second kappa shape index (κ2) is 5.80. The molecule has 4 N–H and O–H groups in total. The molecule has 5 heteroatoms. The highest BCUT2D eigenvalue weighted by Crippen LogP contribution is 2.18. The van der Waals surface area contributed by atoms with E-state index in [1.165, 1.54) is 12.8 Å². The zero-order valence-corrected chi connectivity index (χ0v) is 10.0. The Morgan fingerprint density at radius 1 is 1.27 bits per heavy atom. The minimum absolute atomic E-state index is 0.439. The second-order valence-corrected chi connectivity index (χ2v) is 4.95. The molecule has 84 valence electrons. The van der Waals surface area contributed by atoms with E-state index in [0.717, 1.165) is 11.7 Å². The highest BCUT2D eigenvalue weighted by Gasteiger charge is 2.01. The van der Waals surface area contributed by atoms with E-state index >= 15 is 0 Å². The molecule has 0 aliphatic heterocycles. The first-order chi connectivity index (χ1) is 7.08. The summed E-state index contributed by atoms with van der Waals surface area (Å²) in [7, 11) is 0. The summed E-state index contributed by atoms with van der Waals surface area (Å²) in [5.41, 5.74) is 11.1. The summed E-state index contributed by atoms with van der Waals surface area (Å²) in [6.45, 7) is 4.44. The summed E-state index contributed by atoms with van der Waals surface area (Å²) >= 11 is 1.61. The Labute approximate surface area is 94.9 Å². The molecule has 1 aromatic rings. The number of nitrogens with zero attached hydrogens (tertiary/aromatic N) is 2. The van der Waals surface area contributed by atoms with Gasteiger partial charge in [0.15, 0.2) is 5.16 Å². The molecule has 4 nitrogen and oxygen atoms in total. The van der Waals surface area contributed by atoms with E-state index in [1.54, 1.807) is 17.8 Å². The Morgan fingerprint density at radius 3 is 2.40 bits per heavy atom. The summed E-state index contributed by atoms with van der Waals surface area (Å²) in [4.78, 5) is 8.20. The Bertz CT molecular complexity index is 294. The van der Waals surface area contributed by atoms with Crippen LogP contribution in [0.2, 0.25) is 0 Å². The average Bonchev–Trinajstić information content (AvgIpc) is 2.10. The molecule has 0 saturated heterocycles. The second-order valence-electron chi connectivity index (χ2n) is 3.88. The van der Waals surface area contributed by atoms with E-state index in [2.05, 4.69) is 23.8 Å². The molecule has 0 radical (unpaired) electrons. The standard InChI is InChI=1S/C10H18N4S/c1-7(2)4-3-5-15-10-13-8(11)6-9(12)14-10/h6-7H,3-5H2,1-2H3,(H4,11,12,13,14). The van der Waals surface area contributed by atoms with Gasteiger partial charge in [-0.15, -0.1) is 0 Å². The summed E-state index contributed by atoms with van der Waals surface area (Å²) < 4.78 is 0. The zero-order valence-electron chi connectivity index (χ0n) is 9.23. The Balaban J connectivity index is 2.37. The molecule has 0 unspecified atom stereocenters. The Kier molecular flexibility index (Phi) is 4.68. The summed E-state index contributed by atoms with van der Waals surface area (Å²) in [5.74, 6) is 2.64. The first kappa shape index (κ1) is 12.1. The van der Waals surface area contributed by atoms with Crippen molar-refractivity contribution in [2.75, 3.05) is 17.2 Å². The number of thioether (sulfide) groups is 1. The maximum Gasteiger partial charge on any atom is 0.191 e. The molecule has 0 saturated carbocycles. The normalized spacial score (nSPS) is 10.9. The third-order valence-corrected chi connectivity index (χ3v) is 2.84. The molecule has 1 rings (SSSR count). The van der Waals surface area contributed by atoms with Crippen LogP contribution in [0.5, 0.6) is 0 Å². The van der Waals surface area contributed by atoms with E-state index in [-0.39, 0.29) is 0 Å². The zero-order chi connectivity index (χ0) is 11.3. The molecule has 0 spiro atoms. The molecule has 15 heavy (non-hydrogen) atoms. The van der Waals surface area contributed by atoms with E-state index in [0.29, 0.717) is 16.8 Å². The van der Waals surface area contributed by atoms with Crippen LogP contribution in [0.1, 0.15) is 26.7 Å². The minimum atomic E-state index is 0.439. The van der Waals surface area contributed by atoms with Gasteiger partial charge in [-0.2, -0.15) is 0 Å². The molecule has 0 atom stereocenters. The van der Waals surface area contributed by atoms with Crippen molar-refractivity contribution in [3.05, 3.63) is 6.07 Å². The molecule has 1 aromatic heterocycles. The Hall–Kier alpha value is -0.970. The number of hydrogen-bond donors (Lipinski definition) is 2. The van der Waals surface area contributed by atoms with Crippen LogP contribution in [0.4, 0.5) is 11.6 Å². The molecule has 1 heterocycles. The fraction of sp³-hybridized carbons (Fsp3) is 0.600. The van der Waals surface area contributed by atoms with Gasteiger partial charge in [0.25, 0.3) is 0 Å². The summed E-state index contributed by atoms with van der Waals surface area (Å²) in [5, 5.41) is 0.677. The van der Waals surface area contributed by atoms with Crippen molar-refractivity contribution in [1.82, 2.24) is 9.97 Å². The summed E-state index contributed by atoms with van der Waals surface area (Å²) in [6, 6.07) is 1.57. The number of nitrogen functional groups attached to an aromatic ring is 2. The van der Waals surface area contributed by atoms with Crippen LogP contribution >= 0.6 is 11.8 Å². The van der Waals surface area contributed by atoms with Crippen LogP contribution in [-0.2, 0) is 0 Å². The van der Waals surface area contributed by atoms with Crippen LogP contribution in [0.15, 0.2) is 11.2 Å². The van der Waals surface area contributed by atoms with E-state index in [4.69, 9.17) is 11.5 Å². The van der Waals surface area contributed by atoms with Gasteiger partial charge in [0.1, 0.15) is 11.6 Å². The third-order valence-electron chi connectivity index (χ3n) is 1.90. The highest BCUT2D eigenvalue weighted by molar-refractivity contribution is 7.99. The van der Waals surface area contributed by atoms with E-state index in [1.807, 2.05) is 0 Å². The quantitative estimate of drug-likeness (QED) is 0.457. The lowest BCUT2D eigenvalue weighted by Gasteiger charge is -2.04. The van der Waals surface area contributed by atoms with Crippen LogP contribution < -0.4 is 11.5 Å². The smallest absolute Gasteiger partial charge is 0.191 e. The molecule has 0 aliphatic rings. The van der Waals surface area contributed by atoms with Crippen LogP contribution in [0, 0.1) is 5.92 Å². The molecular weight excluding hydrogens is 208 g/mol. The first-order valence-electron chi connectivity index (χ1n) is 5.10. The highest BCUT2D eigenvalue weighted by atomic mass is 32.2. The van der Waals surface area contributed by atoms with E-state index in [9.17, 15) is 0 Å². The molecule has 0 aliphatic carbocycles. The lowest BCUT2D eigenvalue weighted by molar-refractivity contribution is 0.579. The van der Waals surface area contributed by atoms with Gasteiger partial charge < -0.3 is 11.5 Å². The van der Waals surface area contributed by atoms with Crippen molar-refractivity contribution >= 4 is 23.4 Å². The number of aromatic nitrogens is 2. The predicted molar refractivity (Wildman–Crippen MR) is 65.7 cm³/mol. The molecule has 0 bridgehead atoms. The summed E-state index contributed by atoms with van der Waals surface area (Å²) in [6.07, 6.45) is 2.39. The largest absolute Gasteiger partial charge is 0.383 e. The van der Waals surface area contributed by atoms with Gasteiger partial charge in [-0.1, -0.05) is 32.0 Å². The van der Waals surface area contributed by atoms with Gasteiger partial charge in [0, 0.05) is 11.8 Å². The Morgan fingerprint density at radius 2 is 1.87 bits per heavy atom. The average molecular weight is 226 g/mol.